The molecule has 0 amide bonds. The van der Waals surface area contributed by atoms with Gasteiger partial charge in [0.05, 0.1) is 6.20 Å². The Morgan fingerprint density at radius 1 is 1.88 bits per heavy atom. The minimum Gasteiger partial charge on any atom is -0.228 e. The summed E-state index contributed by atoms with van der Waals surface area (Å²) in [4.78, 5) is 0. The van der Waals surface area contributed by atoms with Gasteiger partial charge in [-0.05, 0) is 22.0 Å². The quantitative estimate of drug-likeness (QED) is 0.639. The Balaban J connectivity index is 2.92. The van der Waals surface area contributed by atoms with Gasteiger partial charge in [-0.15, -0.1) is 0 Å². The van der Waals surface area contributed by atoms with Gasteiger partial charge in [-0.3, -0.25) is 0 Å². The van der Waals surface area contributed by atoms with Crippen LogP contribution >= 0.6 is 15.9 Å². The SMILES string of the molecule is FCn1nccc1Br. The highest BCUT2D eigenvalue weighted by Crippen LogP contribution is 2.06. The van der Waals surface area contributed by atoms with Crippen molar-refractivity contribution in [2.75, 3.05) is 0 Å². The van der Waals surface area contributed by atoms with Crippen molar-refractivity contribution in [3.05, 3.63) is 16.9 Å². The second-order valence-corrected chi connectivity index (χ2v) is 2.09. The molecule has 0 aromatic carbocycles. The standard InChI is InChI=1S/C4H4BrFN2/c5-4-1-2-7-8(4)3-6/h1-2H,3H2. The molecule has 1 aromatic heterocycles. The van der Waals surface area contributed by atoms with Crippen LogP contribution in [0.25, 0.3) is 0 Å². The van der Waals surface area contributed by atoms with Gasteiger partial charge in [-0.2, -0.15) is 5.10 Å². The van der Waals surface area contributed by atoms with E-state index in [0.29, 0.717) is 4.60 Å². The lowest BCUT2D eigenvalue weighted by atomic mass is 10.8. The number of hydrogen-bond donors (Lipinski definition) is 0. The summed E-state index contributed by atoms with van der Waals surface area (Å²) < 4.78 is 13.6. The molecular weight excluding hydrogens is 175 g/mol. The lowest BCUT2D eigenvalue weighted by molar-refractivity contribution is 0.345. The van der Waals surface area contributed by atoms with Crippen LogP contribution in [0.4, 0.5) is 4.39 Å². The Morgan fingerprint density at radius 3 is 2.88 bits per heavy atom. The normalized spacial score (nSPS) is 9.75. The zero-order valence-electron chi connectivity index (χ0n) is 4.01. The van der Waals surface area contributed by atoms with E-state index in [4.69, 9.17) is 0 Å². The Hall–Kier alpha value is -0.380. The second-order valence-electron chi connectivity index (χ2n) is 1.27. The summed E-state index contributed by atoms with van der Waals surface area (Å²) in [6, 6.07) is 1.68. The zero-order chi connectivity index (χ0) is 5.98. The Kier molecular flexibility index (Phi) is 1.62. The van der Waals surface area contributed by atoms with E-state index >= 15 is 0 Å². The van der Waals surface area contributed by atoms with Gasteiger partial charge in [-0.25, -0.2) is 9.07 Å². The molecule has 1 heterocycles. The molecule has 0 radical (unpaired) electrons. The molecule has 4 heteroatoms. The molecular formula is C4H4BrFN2. The molecule has 1 aromatic rings. The van der Waals surface area contributed by atoms with E-state index in [1.54, 1.807) is 6.07 Å². The Morgan fingerprint density at radius 2 is 2.62 bits per heavy atom. The van der Waals surface area contributed by atoms with E-state index in [2.05, 4.69) is 21.0 Å². The van der Waals surface area contributed by atoms with Crippen LogP contribution in [0.3, 0.4) is 0 Å². The van der Waals surface area contributed by atoms with Crippen LogP contribution in [0.1, 0.15) is 0 Å². The molecule has 0 N–H and O–H groups in total. The molecule has 0 spiro atoms. The fraction of sp³-hybridized carbons (Fsp3) is 0.250. The first-order valence-corrected chi connectivity index (χ1v) is 2.87. The summed E-state index contributed by atoms with van der Waals surface area (Å²) in [6.45, 7) is -0.576. The zero-order valence-corrected chi connectivity index (χ0v) is 5.60. The van der Waals surface area contributed by atoms with Gasteiger partial charge in [0.25, 0.3) is 0 Å². The van der Waals surface area contributed by atoms with Gasteiger partial charge in [0.2, 0.25) is 0 Å². The maximum atomic E-state index is 11.7. The summed E-state index contributed by atoms with van der Waals surface area (Å²) in [5.41, 5.74) is 0. The monoisotopic (exact) mass is 178 g/mol. The van der Waals surface area contributed by atoms with Crippen LogP contribution in [-0.2, 0) is 6.80 Å². The molecule has 1 rings (SSSR count). The number of hydrogen-bond acceptors (Lipinski definition) is 1. The third kappa shape index (κ3) is 0.888. The molecule has 0 atom stereocenters. The number of alkyl halides is 1. The minimum absolute atomic E-state index is 0.576. The predicted octanol–water partition coefficient (Wildman–Crippen LogP) is 1.57. The highest BCUT2D eigenvalue weighted by atomic mass is 79.9. The summed E-state index contributed by atoms with van der Waals surface area (Å²) in [6.07, 6.45) is 1.53. The van der Waals surface area contributed by atoms with Crippen LogP contribution in [0, 0.1) is 0 Å². The Labute approximate surface area is 54.4 Å². The van der Waals surface area contributed by atoms with Crippen LogP contribution in [0.2, 0.25) is 0 Å². The molecule has 2 nitrogen and oxygen atoms in total. The first-order valence-electron chi connectivity index (χ1n) is 2.08. The van der Waals surface area contributed by atoms with Crippen molar-refractivity contribution in [3.63, 3.8) is 0 Å². The first kappa shape index (κ1) is 5.75. The maximum Gasteiger partial charge on any atom is 0.182 e. The van der Waals surface area contributed by atoms with Crippen LogP contribution in [-0.4, -0.2) is 9.78 Å². The third-order valence-corrected chi connectivity index (χ3v) is 1.45. The molecule has 0 saturated carbocycles. The molecule has 0 aliphatic rings. The first-order chi connectivity index (χ1) is 3.84. The second kappa shape index (κ2) is 2.26. The molecule has 0 aliphatic heterocycles. The van der Waals surface area contributed by atoms with Crippen molar-refractivity contribution in [2.45, 2.75) is 6.80 Å². The van der Waals surface area contributed by atoms with Gasteiger partial charge < -0.3 is 0 Å². The van der Waals surface area contributed by atoms with Gasteiger partial charge in [0, 0.05) is 0 Å². The van der Waals surface area contributed by atoms with E-state index < -0.39 is 6.80 Å². The van der Waals surface area contributed by atoms with Crippen molar-refractivity contribution in [1.82, 2.24) is 9.78 Å². The van der Waals surface area contributed by atoms with Crippen LogP contribution in [0.15, 0.2) is 16.9 Å². The average molecular weight is 179 g/mol. The lowest BCUT2D eigenvalue weighted by Crippen LogP contribution is -1.93. The fourth-order valence-corrected chi connectivity index (χ4v) is 0.709. The summed E-state index contributed by atoms with van der Waals surface area (Å²) in [5.74, 6) is 0. The van der Waals surface area contributed by atoms with Crippen molar-refractivity contribution in [2.24, 2.45) is 0 Å². The molecule has 0 bridgehead atoms. The van der Waals surface area contributed by atoms with Crippen molar-refractivity contribution >= 4 is 15.9 Å². The van der Waals surface area contributed by atoms with Crippen molar-refractivity contribution < 1.29 is 4.39 Å². The number of nitrogens with zero attached hydrogens (tertiary/aromatic N) is 2. The average Bonchev–Trinajstić information content (AvgIpc) is 2.14. The Bertz CT molecular complexity index is 174. The highest BCUT2D eigenvalue weighted by Gasteiger charge is 1.92. The number of rotatable bonds is 1. The molecule has 0 aliphatic carbocycles. The van der Waals surface area contributed by atoms with E-state index in [0.717, 1.165) is 0 Å². The van der Waals surface area contributed by atoms with Crippen LogP contribution in [0.5, 0.6) is 0 Å². The van der Waals surface area contributed by atoms with E-state index in [1.165, 1.54) is 10.9 Å². The third-order valence-electron chi connectivity index (χ3n) is 0.778. The maximum absolute atomic E-state index is 11.7. The van der Waals surface area contributed by atoms with Gasteiger partial charge in [-0.1, -0.05) is 0 Å². The number of aromatic nitrogens is 2. The minimum atomic E-state index is -0.576. The molecule has 0 saturated heterocycles. The fourth-order valence-electron chi connectivity index (χ4n) is 0.404. The smallest absolute Gasteiger partial charge is 0.182 e. The largest absolute Gasteiger partial charge is 0.228 e. The van der Waals surface area contributed by atoms with Gasteiger partial charge >= 0.3 is 0 Å². The highest BCUT2D eigenvalue weighted by molar-refractivity contribution is 9.10. The van der Waals surface area contributed by atoms with Crippen molar-refractivity contribution in [1.29, 1.82) is 0 Å². The summed E-state index contributed by atoms with van der Waals surface area (Å²) >= 11 is 3.09. The topological polar surface area (TPSA) is 17.8 Å². The number of halogens is 2. The molecule has 8 heavy (non-hydrogen) atoms. The molecule has 0 fully saturated rings. The van der Waals surface area contributed by atoms with E-state index in [1.807, 2.05) is 0 Å². The van der Waals surface area contributed by atoms with E-state index in [9.17, 15) is 4.39 Å². The van der Waals surface area contributed by atoms with E-state index in [-0.39, 0.29) is 0 Å². The van der Waals surface area contributed by atoms with Gasteiger partial charge in [0.1, 0.15) is 4.60 Å². The van der Waals surface area contributed by atoms with Gasteiger partial charge in [0.15, 0.2) is 6.80 Å². The predicted molar refractivity (Wildman–Crippen MR) is 31.0 cm³/mol. The summed E-state index contributed by atoms with van der Waals surface area (Å²) in [5, 5.41) is 3.63. The molecule has 44 valence electrons. The van der Waals surface area contributed by atoms with Crippen molar-refractivity contribution in [3.8, 4) is 0 Å². The van der Waals surface area contributed by atoms with Crippen LogP contribution < -0.4 is 0 Å². The summed E-state index contributed by atoms with van der Waals surface area (Å²) in [7, 11) is 0. The lowest BCUT2D eigenvalue weighted by Gasteiger charge is -1.90. The molecule has 0 unspecified atom stereocenters.